The van der Waals surface area contributed by atoms with Gasteiger partial charge in [-0.25, -0.2) is 4.39 Å². The lowest BCUT2D eigenvalue weighted by atomic mass is 9.55. The molecule has 4 aromatic rings. The number of amides is 1. The van der Waals surface area contributed by atoms with Crippen LogP contribution in [0.5, 0.6) is 23.0 Å². The first-order valence-corrected chi connectivity index (χ1v) is 26.9. The van der Waals surface area contributed by atoms with Crippen molar-refractivity contribution >= 4 is 17.9 Å². The third-order valence-electron chi connectivity index (χ3n) is 14.9. The van der Waals surface area contributed by atoms with E-state index in [1.54, 1.807) is 36.4 Å². The van der Waals surface area contributed by atoms with Crippen molar-refractivity contribution in [1.82, 2.24) is 4.90 Å². The highest BCUT2D eigenvalue weighted by Crippen LogP contribution is 2.62. The molecule has 0 saturated heterocycles. The van der Waals surface area contributed by atoms with E-state index >= 15 is 4.79 Å². The molecular formula is C61H77FN2O9. The molecule has 1 fully saturated rings. The number of methoxy groups -OCH3 is 1. The zero-order valence-electron chi connectivity index (χ0n) is 43.1. The third-order valence-corrected chi connectivity index (χ3v) is 14.9. The van der Waals surface area contributed by atoms with Crippen molar-refractivity contribution in [1.29, 1.82) is 0 Å². The molecule has 0 bridgehead atoms. The molecule has 1 saturated carbocycles. The molecule has 4 aromatic carbocycles. The molecule has 73 heavy (non-hydrogen) atoms. The fourth-order valence-corrected chi connectivity index (χ4v) is 11.4. The number of halogens is 1. The smallest absolute Gasteiger partial charge is 0.239 e. The Bertz CT molecular complexity index is 2440. The van der Waals surface area contributed by atoms with Crippen molar-refractivity contribution < 1.29 is 48.0 Å². The van der Waals surface area contributed by atoms with Crippen LogP contribution in [0.2, 0.25) is 0 Å². The van der Waals surface area contributed by atoms with Crippen LogP contribution in [-0.4, -0.2) is 71.8 Å². The number of aliphatic hydroxyl groups is 2. The van der Waals surface area contributed by atoms with E-state index in [4.69, 9.17) is 28.9 Å². The summed E-state index contributed by atoms with van der Waals surface area (Å²) in [4.78, 5) is 35.6. The Morgan fingerprint density at radius 3 is 2.25 bits per heavy atom. The summed E-state index contributed by atoms with van der Waals surface area (Å²) in [6, 6.07) is 26.3. The summed E-state index contributed by atoms with van der Waals surface area (Å²) in [5.41, 5.74) is 4.58. The summed E-state index contributed by atoms with van der Waals surface area (Å²) in [5, 5.41) is 25.2. The average molecular weight is 1000 g/mol. The van der Waals surface area contributed by atoms with Gasteiger partial charge in [-0.3, -0.25) is 9.59 Å². The van der Waals surface area contributed by atoms with Gasteiger partial charge in [-0.15, -0.1) is 6.58 Å². The van der Waals surface area contributed by atoms with Crippen molar-refractivity contribution in [3.63, 3.8) is 0 Å². The van der Waals surface area contributed by atoms with Gasteiger partial charge in [0.15, 0.2) is 6.29 Å². The van der Waals surface area contributed by atoms with Gasteiger partial charge in [-0.05, 0) is 109 Å². The summed E-state index contributed by atoms with van der Waals surface area (Å²) in [7, 11) is 1.52. The highest BCUT2D eigenvalue weighted by Gasteiger charge is 2.65. The first kappa shape index (κ1) is 54.9. The van der Waals surface area contributed by atoms with Crippen LogP contribution in [0.4, 0.5) is 4.39 Å². The normalized spacial score (nSPS) is 21.3. The average Bonchev–Trinajstić information content (AvgIpc) is 3.41. The van der Waals surface area contributed by atoms with E-state index in [2.05, 4.69) is 19.6 Å². The van der Waals surface area contributed by atoms with Gasteiger partial charge in [0.1, 0.15) is 41.5 Å². The predicted molar refractivity (Wildman–Crippen MR) is 283 cm³/mol. The van der Waals surface area contributed by atoms with Crippen molar-refractivity contribution in [2.45, 2.75) is 147 Å². The second-order valence-corrected chi connectivity index (χ2v) is 19.9. The Balaban J connectivity index is 1.39. The lowest BCUT2D eigenvalue weighted by Gasteiger charge is -2.60. The van der Waals surface area contributed by atoms with Crippen molar-refractivity contribution in [3.05, 3.63) is 143 Å². The zero-order valence-corrected chi connectivity index (χ0v) is 43.1. The zero-order chi connectivity index (χ0) is 51.4. The van der Waals surface area contributed by atoms with Crippen molar-refractivity contribution in [2.75, 3.05) is 26.9 Å². The number of ether oxygens (including phenoxy) is 4. The number of unbranched alkanes of at least 4 members (excludes halogenated alkanes) is 10. The predicted octanol–water partition coefficient (Wildman–Crippen LogP) is 13.2. The molecule has 6 atom stereocenters. The number of fused-ring (bicyclic) bond motifs is 2. The van der Waals surface area contributed by atoms with Crippen molar-refractivity contribution in [2.24, 2.45) is 22.9 Å². The van der Waals surface area contributed by atoms with Gasteiger partial charge in [0.2, 0.25) is 11.7 Å². The molecule has 1 amide bonds. The minimum Gasteiger partial charge on any atom is -0.496 e. The Hall–Kier alpha value is -5.82. The molecular weight excluding hydrogens is 924 g/mol. The third kappa shape index (κ3) is 14.1. The molecule has 0 spiro atoms. The number of allylic oxidation sites excluding steroid dienone is 1. The van der Waals surface area contributed by atoms with Crippen molar-refractivity contribution in [3.8, 4) is 23.0 Å². The number of aliphatic hydroxyl groups excluding tert-OH is 2. The molecule has 0 radical (unpaired) electrons. The van der Waals surface area contributed by atoms with Gasteiger partial charge >= 0.3 is 0 Å². The van der Waals surface area contributed by atoms with Gasteiger partial charge < -0.3 is 38.9 Å². The Labute approximate surface area is 432 Å². The second kappa shape index (κ2) is 28.0. The number of aldehydes is 1. The molecule has 11 nitrogen and oxygen atoms in total. The number of benzene rings is 4. The SMILES string of the molecule is C=CCO[C@@]12Oc3ccc(Oc4ccc(OC)c(C=O)c4)cc3[C@H]3[C@H](CCCCO)[C@@H](CCCCO)C=C(C(=NOCc4ccccc4)C[C@@H]1N(Cc1ccc(F)cc1)C(=O)CCCCCCCCCCC)[C@H]32. The van der Waals surface area contributed by atoms with Crippen LogP contribution in [0.1, 0.15) is 149 Å². The van der Waals surface area contributed by atoms with E-state index in [-0.39, 0.29) is 68.9 Å². The molecule has 12 heteroatoms. The van der Waals surface area contributed by atoms with E-state index in [0.29, 0.717) is 53.5 Å². The fourth-order valence-electron chi connectivity index (χ4n) is 11.4. The standard InChI is InChI=1S/C61H77FN2O9/c1-4-6-7-8-9-10-11-12-16-25-58(68)64(41-44-26-28-48(62)29-27-44)57-40-54(63-71-43-45-21-14-13-15-22-45)52-38-46(23-17-19-34-65)51(24-18-20-35-66)59-53-39-50(72-49-30-32-55(69-3)47(37-49)42-67)31-33-56(53)73-61(57,60(52)59)70-36-5-2/h5,13-15,21-22,26-33,37-39,42,46,51,57,59-60,65-66H,2,4,6-12,16-20,23-25,34-36,40-41,43H2,1,3H3/t46-,51+,57-,59+,60+,61+/m0/s1. The Morgan fingerprint density at radius 1 is 0.849 bits per heavy atom. The number of nitrogens with zero attached hydrogens (tertiary/aromatic N) is 2. The molecule has 0 aromatic heterocycles. The molecule has 3 aliphatic rings. The van der Waals surface area contributed by atoms with Gasteiger partial charge in [-0.1, -0.05) is 131 Å². The molecule has 7 rings (SSSR count). The van der Waals surface area contributed by atoms with Crippen LogP contribution in [0.25, 0.3) is 0 Å². The number of carbonyl (C=O) groups is 2. The fraction of sp³-hybridized carbons (Fsp3) is 0.492. The van der Waals surface area contributed by atoms with Crippen LogP contribution < -0.4 is 14.2 Å². The van der Waals surface area contributed by atoms with Crippen LogP contribution in [0, 0.1) is 23.6 Å². The van der Waals surface area contributed by atoms with E-state index in [0.717, 1.165) is 79.9 Å². The molecule has 1 heterocycles. The topological polar surface area (TPSA) is 136 Å². The van der Waals surface area contributed by atoms with Gasteiger partial charge in [0.25, 0.3) is 0 Å². The highest BCUT2D eigenvalue weighted by atomic mass is 19.1. The minimum absolute atomic E-state index is 0.0142. The van der Waals surface area contributed by atoms with Crippen LogP contribution in [0.3, 0.4) is 0 Å². The summed E-state index contributed by atoms with van der Waals surface area (Å²) in [6.45, 7) is 6.98. The summed E-state index contributed by atoms with van der Waals surface area (Å²) in [6.07, 6.45) is 19.7. The van der Waals surface area contributed by atoms with Crippen LogP contribution >= 0.6 is 0 Å². The Kier molecular flexibility index (Phi) is 21.1. The van der Waals surface area contributed by atoms with Crippen LogP contribution in [0.15, 0.2) is 120 Å². The van der Waals surface area contributed by atoms with Gasteiger partial charge in [-0.2, -0.15) is 0 Å². The largest absolute Gasteiger partial charge is 0.496 e. The molecule has 0 unspecified atom stereocenters. The number of hydrogen-bond acceptors (Lipinski definition) is 10. The Morgan fingerprint density at radius 2 is 1.55 bits per heavy atom. The number of oxime groups is 1. The maximum Gasteiger partial charge on any atom is 0.239 e. The van der Waals surface area contributed by atoms with E-state index in [1.165, 1.54) is 51.3 Å². The number of rotatable bonds is 31. The quantitative estimate of drug-likeness (QED) is 0.0218. The highest BCUT2D eigenvalue weighted by molar-refractivity contribution is 6.03. The maximum absolute atomic E-state index is 15.3. The summed E-state index contributed by atoms with van der Waals surface area (Å²) < 4.78 is 41.3. The summed E-state index contributed by atoms with van der Waals surface area (Å²) >= 11 is 0. The van der Waals surface area contributed by atoms with E-state index in [9.17, 15) is 19.4 Å². The second-order valence-electron chi connectivity index (χ2n) is 19.9. The summed E-state index contributed by atoms with van der Waals surface area (Å²) in [5.74, 6) is -0.716. The first-order chi connectivity index (χ1) is 35.8. The van der Waals surface area contributed by atoms with Gasteiger partial charge in [0.05, 0.1) is 30.9 Å². The monoisotopic (exact) mass is 1000 g/mol. The molecule has 1 aliphatic heterocycles. The van der Waals surface area contributed by atoms with E-state index in [1.807, 2.05) is 53.4 Å². The van der Waals surface area contributed by atoms with Crippen LogP contribution in [-0.2, 0) is 27.5 Å². The minimum atomic E-state index is -1.48. The first-order valence-electron chi connectivity index (χ1n) is 26.9. The number of hydrogen-bond donors (Lipinski definition) is 2. The lowest BCUT2D eigenvalue weighted by molar-refractivity contribution is -0.258. The van der Waals surface area contributed by atoms with E-state index < -0.39 is 17.7 Å². The maximum atomic E-state index is 15.3. The molecule has 2 aliphatic carbocycles. The lowest BCUT2D eigenvalue weighted by Crippen LogP contribution is -2.70. The van der Waals surface area contributed by atoms with Gasteiger partial charge in [0, 0.05) is 44.1 Å². The molecule has 392 valence electrons. The molecule has 2 N–H and O–H groups in total. The number of carbonyl (C=O) groups excluding carboxylic acids is 2.